The molecular formula is C21H22F3N5O2S. The summed E-state index contributed by atoms with van der Waals surface area (Å²) in [7, 11) is -1.28. The number of nitrogens with zero attached hydrogens (tertiary/aromatic N) is 3. The predicted molar refractivity (Wildman–Crippen MR) is 113 cm³/mol. The Balaban J connectivity index is 1.29. The molecule has 1 aromatic carbocycles. The van der Waals surface area contributed by atoms with Crippen LogP contribution >= 0.6 is 0 Å². The van der Waals surface area contributed by atoms with Crippen LogP contribution in [0.3, 0.4) is 0 Å². The van der Waals surface area contributed by atoms with Gasteiger partial charge in [-0.2, -0.15) is 18.3 Å². The van der Waals surface area contributed by atoms with Crippen molar-refractivity contribution in [3.8, 4) is 0 Å². The molecule has 0 radical (unpaired) electrons. The summed E-state index contributed by atoms with van der Waals surface area (Å²) < 4.78 is 50.4. The summed E-state index contributed by atoms with van der Waals surface area (Å²) in [6, 6.07) is 8.79. The van der Waals surface area contributed by atoms with Crippen LogP contribution in [-0.2, 0) is 17.3 Å². The summed E-state index contributed by atoms with van der Waals surface area (Å²) >= 11 is 0. The third-order valence-electron chi connectivity index (χ3n) is 5.40. The fraction of sp³-hybridized carbons (Fsp3) is 0.381. The number of halogens is 3. The number of hydrogen-bond acceptors (Lipinski definition) is 5. The van der Waals surface area contributed by atoms with E-state index in [0.717, 1.165) is 10.9 Å². The molecule has 3 aromatic rings. The van der Waals surface area contributed by atoms with E-state index in [9.17, 15) is 22.2 Å². The number of likely N-dealkylation sites (tertiary alicyclic amines) is 1. The maximum absolute atomic E-state index is 12.8. The zero-order valence-corrected chi connectivity index (χ0v) is 17.9. The first kappa shape index (κ1) is 22.4. The molecule has 11 heteroatoms. The van der Waals surface area contributed by atoms with Crippen molar-refractivity contribution in [3.05, 3.63) is 53.9 Å². The number of nitrogens with one attached hydrogen (secondary N) is 2. The van der Waals surface area contributed by atoms with Gasteiger partial charge >= 0.3 is 6.18 Å². The number of rotatable bonds is 6. The molecule has 32 heavy (non-hydrogen) atoms. The molecule has 0 aliphatic carbocycles. The van der Waals surface area contributed by atoms with E-state index in [0.29, 0.717) is 48.6 Å². The summed E-state index contributed by atoms with van der Waals surface area (Å²) in [5, 5.41) is 10.0. The number of H-pyrrole nitrogens is 1. The lowest BCUT2D eigenvalue weighted by Crippen LogP contribution is -2.42. The second-order valence-electron chi connectivity index (χ2n) is 7.75. The number of alkyl halides is 3. The second-order valence-corrected chi connectivity index (χ2v) is 9.48. The Labute approximate surface area is 184 Å². The maximum atomic E-state index is 12.8. The van der Waals surface area contributed by atoms with Gasteiger partial charge in [0.05, 0.1) is 29.1 Å². The zero-order valence-electron chi connectivity index (χ0n) is 17.1. The first-order chi connectivity index (χ1) is 15.3. The summed E-state index contributed by atoms with van der Waals surface area (Å²) in [6.45, 7) is -0.0389. The van der Waals surface area contributed by atoms with Gasteiger partial charge < -0.3 is 5.32 Å². The fourth-order valence-electron chi connectivity index (χ4n) is 3.71. The van der Waals surface area contributed by atoms with Crippen molar-refractivity contribution in [2.24, 2.45) is 0 Å². The molecule has 170 valence electrons. The van der Waals surface area contributed by atoms with E-state index in [1.54, 1.807) is 36.5 Å². The first-order valence-electron chi connectivity index (χ1n) is 10.1. The van der Waals surface area contributed by atoms with Crippen LogP contribution in [0.5, 0.6) is 0 Å². The minimum Gasteiger partial charge on any atom is -0.348 e. The van der Waals surface area contributed by atoms with Crippen molar-refractivity contribution in [3.63, 3.8) is 0 Å². The highest BCUT2D eigenvalue weighted by atomic mass is 32.2. The molecule has 1 aliphatic heterocycles. The van der Waals surface area contributed by atoms with Crippen molar-refractivity contribution in [1.82, 2.24) is 25.4 Å². The molecule has 3 heterocycles. The molecule has 1 atom stereocenters. The molecule has 1 aliphatic rings. The smallest absolute Gasteiger partial charge is 0.348 e. The van der Waals surface area contributed by atoms with E-state index in [1.807, 2.05) is 0 Å². The molecule has 7 nitrogen and oxygen atoms in total. The van der Waals surface area contributed by atoms with Gasteiger partial charge in [-0.3, -0.25) is 19.0 Å². The van der Waals surface area contributed by atoms with Crippen LogP contribution in [0.2, 0.25) is 0 Å². The van der Waals surface area contributed by atoms with Gasteiger partial charge in [0.2, 0.25) is 0 Å². The quantitative estimate of drug-likeness (QED) is 0.584. The van der Waals surface area contributed by atoms with Crippen LogP contribution in [0.4, 0.5) is 13.2 Å². The van der Waals surface area contributed by atoms with E-state index in [1.165, 1.54) is 11.1 Å². The predicted octanol–water partition coefficient (Wildman–Crippen LogP) is 3.02. The van der Waals surface area contributed by atoms with Gasteiger partial charge in [0, 0.05) is 28.3 Å². The molecule has 2 N–H and O–H groups in total. The van der Waals surface area contributed by atoms with Crippen molar-refractivity contribution >= 4 is 27.7 Å². The lowest BCUT2D eigenvalue weighted by molar-refractivity contribution is -0.147. The number of benzene rings is 1. The summed E-state index contributed by atoms with van der Waals surface area (Å²) in [6.07, 6.45) is -0.203. The molecule has 4 rings (SSSR count). The van der Waals surface area contributed by atoms with Crippen LogP contribution in [0, 0.1) is 0 Å². The highest BCUT2D eigenvalue weighted by molar-refractivity contribution is 7.85. The van der Waals surface area contributed by atoms with E-state index in [4.69, 9.17) is 0 Å². The summed E-state index contributed by atoms with van der Waals surface area (Å²) in [4.78, 5) is 18.5. The monoisotopic (exact) mass is 465 g/mol. The van der Waals surface area contributed by atoms with Crippen LogP contribution in [-0.4, -0.2) is 61.3 Å². The molecule has 0 spiro atoms. The number of hydrogen-bond donors (Lipinski definition) is 2. The van der Waals surface area contributed by atoms with Crippen LogP contribution in [0.15, 0.2) is 47.6 Å². The van der Waals surface area contributed by atoms with Crippen molar-refractivity contribution < 1.29 is 22.2 Å². The second kappa shape index (κ2) is 9.37. The topological polar surface area (TPSA) is 91.0 Å². The molecule has 0 bridgehead atoms. The Kier molecular flexibility index (Phi) is 6.56. The third kappa shape index (κ3) is 5.52. The fourth-order valence-corrected chi connectivity index (χ4v) is 5.14. The highest BCUT2D eigenvalue weighted by Gasteiger charge is 2.33. The van der Waals surface area contributed by atoms with Gasteiger partial charge in [0.15, 0.2) is 5.65 Å². The van der Waals surface area contributed by atoms with E-state index < -0.39 is 23.5 Å². The zero-order chi connectivity index (χ0) is 22.7. The molecule has 1 unspecified atom stereocenters. The minimum absolute atomic E-state index is 0.157. The van der Waals surface area contributed by atoms with Crippen molar-refractivity contribution in [2.45, 2.75) is 35.7 Å². The number of piperidine rings is 1. The van der Waals surface area contributed by atoms with Gasteiger partial charge in [-0.1, -0.05) is 12.1 Å². The van der Waals surface area contributed by atoms with Gasteiger partial charge in [0.25, 0.3) is 5.91 Å². The molecular weight excluding hydrogens is 443 g/mol. The van der Waals surface area contributed by atoms with Crippen molar-refractivity contribution in [1.29, 1.82) is 0 Å². The van der Waals surface area contributed by atoms with Gasteiger partial charge in [-0.25, -0.2) is 4.98 Å². The van der Waals surface area contributed by atoms with E-state index in [2.05, 4.69) is 20.5 Å². The third-order valence-corrected chi connectivity index (χ3v) is 7.22. The number of amides is 1. The number of pyridine rings is 1. The van der Waals surface area contributed by atoms with Crippen LogP contribution < -0.4 is 5.32 Å². The average Bonchev–Trinajstić information content (AvgIpc) is 3.25. The molecule has 1 fully saturated rings. The highest BCUT2D eigenvalue weighted by Crippen LogP contribution is 2.24. The number of carbonyl (C=O) groups excluding carboxylic acids is 1. The Morgan fingerprint density at radius 1 is 1.19 bits per heavy atom. The van der Waals surface area contributed by atoms with Crippen molar-refractivity contribution in [2.75, 3.05) is 19.6 Å². The summed E-state index contributed by atoms with van der Waals surface area (Å²) in [5.74, 6) is -0.265. The number of aromatic amines is 1. The molecule has 1 amide bonds. The van der Waals surface area contributed by atoms with E-state index in [-0.39, 0.29) is 11.2 Å². The van der Waals surface area contributed by atoms with Crippen LogP contribution in [0.1, 0.15) is 28.8 Å². The number of aromatic nitrogens is 3. The number of fused-ring (bicyclic) bond motifs is 1. The maximum Gasteiger partial charge on any atom is 0.401 e. The lowest BCUT2D eigenvalue weighted by Gasteiger charge is -2.31. The Morgan fingerprint density at radius 3 is 2.59 bits per heavy atom. The van der Waals surface area contributed by atoms with Gasteiger partial charge in [-0.15, -0.1) is 0 Å². The Hall–Kier alpha value is -2.79. The molecule has 0 saturated carbocycles. The number of carbonyl (C=O) groups is 1. The minimum atomic E-state index is -4.21. The molecule has 2 aromatic heterocycles. The SMILES string of the molecule is O=C(NCc1ccc(S(=O)C2CCN(CC(F)(F)F)CC2)cc1)c1cnc2[nH]ncc2c1. The van der Waals surface area contributed by atoms with Gasteiger partial charge in [-0.05, 0) is 49.7 Å². The lowest BCUT2D eigenvalue weighted by atomic mass is 10.1. The average molecular weight is 466 g/mol. The Morgan fingerprint density at radius 2 is 1.91 bits per heavy atom. The Bertz CT molecular complexity index is 1110. The molecule has 1 saturated heterocycles. The van der Waals surface area contributed by atoms with E-state index >= 15 is 0 Å². The van der Waals surface area contributed by atoms with Crippen LogP contribution in [0.25, 0.3) is 11.0 Å². The van der Waals surface area contributed by atoms with Gasteiger partial charge in [0.1, 0.15) is 0 Å². The summed E-state index contributed by atoms with van der Waals surface area (Å²) in [5.41, 5.74) is 1.88. The normalized spacial score (nSPS) is 16.8. The standard InChI is InChI=1S/C21H22F3N5O2S/c22-21(23,24)13-29-7-5-18(6-8-29)32(31)17-3-1-14(2-4-17)10-26-20(30)16-9-15-12-27-28-19(15)25-11-16/h1-4,9,11-12,18H,5-8,10,13H2,(H,26,30)(H,25,27,28). The largest absolute Gasteiger partial charge is 0.401 e. The first-order valence-corrected chi connectivity index (χ1v) is 11.4.